The summed E-state index contributed by atoms with van der Waals surface area (Å²) in [5.74, 6) is -1.23. The molecule has 0 atom stereocenters. The molecule has 1 fully saturated rings. The predicted molar refractivity (Wildman–Crippen MR) is 117 cm³/mol. The smallest absolute Gasteiger partial charge is 0.348 e. The van der Waals surface area contributed by atoms with Crippen LogP contribution in [-0.4, -0.2) is 49.8 Å². The molecule has 3 heterocycles. The molecule has 0 spiro atoms. The number of piperidine rings is 1. The summed E-state index contributed by atoms with van der Waals surface area (Å²) in [7, 11) is 0. The number of amides is 2. The molecule has 0 radical (unpaired) electrons. The van der Waals surface area contributed by atoms with E-state index >= 15 is 0 Å². The van der Waals surface area contributed by atoms with Crippen molar-refractivity contribution >= 4 is 23.4 Å². The quantitative estimate of drug-likeness (QED) is 0.583. The van der Waals surface area contributed by atoms with Gasteiger partial charge in [-0.15, -0.1) is 10.2 Å². The highest BCUT2D eigenvalue weighted by molar-refractivity contribution is 6.29. The van der Waals surface area contributed by atoms with Crippen LogP contribution >= 0.6 is 11.6 Å². The van der Waals surface area contributed by atoms with Gasteiger partial charge >= 0.3 is 6.18 Å². The van der Waals surface area contributed by atoms with Crippen LogP contribution in [0.1, 0.15) is 51.2 Å². The molecular weight excluding hydrogens is 473 g/mol. The van der Waals surface area contributed by atoms with Gasteiger partial charge in [-0.1, -0.05) is 23.7 Å². The average Bonchev–Trinajstić information content (AvgIpc) is 3.30. The lowest BCUT2D eigenvalue weighted by Crippen LogP contribution is -2.35. The molecule has 1 aromatic carbocycles. The summed E-state index contributed by atoms with van der Waals surface area (Å²) in [5, 5.41) is 13.3. The van der Waals surface area contributed by atoms with Gasteiger partial charge in [-0.25, -0.2) is 4.68 Å². The van der Waals surface area contributed by atoms with Gasteiger partial charge in [-0.2, -0.15) is 18.3 Å². The van der Waals surface area contributed by atoms with Crippen molar-refractivity contribution in [1.82, 2.24) is 30.2 Å². The summed E-state index contributed by atoms with van der Waals surface area (Å²) in [6.45, 7) is 1.43. The lowest BCUT2D eigenvalue weighted by molar-refractivity contribution is -0.143. The van der Waals surface area contributed by atoms with E-state index in [-0.39, 0.29) is 23.4 Å². The average molecular weight is 493 g/mol. The second kappa shape index (κ2) is 9.80. The highest BCUT2D eigenvalue weighted by Crippen LogP contribution is 2.33. The van der Waals surface area contributed by atoms with Gasteiger partial charge in [-0.3, -0.25) is 9.59 Å². The van der Waals surface area contributed by atoms with Crippen LogP contribution in [0.15, 0.2) is 42.6 Å². The zero-order valence-electron chi connectivity index (χ0n) is 17.8. The summed E-state index contributed by atoms with van der Waals surface area (Å²) >= 11 is 5.64. The summed E-state index contributed by atoms with van der Waals surface area (Å²) < 4.78 is 41.8. The van der Waals surface area contributed by atoms with Crippen LogP contribution in [0.2, 0.25) is 5.15 Å². The Balaban J connectivity index is 1.47. The molecule has 0 unspecified atom stereocenters. The molecule has 1 saturated heterocycles. The molecule has 0 aliphatic carbocycles. The van der Waals surface area contributed by atoms with Crippen molar-refractivity contribution in [1.29, 1.82) is 0 Å². The summed E-state index contributed by atoms with van der Waals surface area (Å²) in [5.41, 5.74) is -0.764. The van der Waals surface area contributed by atoms with E-state index in [0.29, 0.717) is 15.8 Å². The van der Waals surface area contributed by atoms with Crippen LogP contribution in [0.4, 0.5) is 13.2 Å². The summed E-state index contributed by atoms with van der Waals surface area (Å²) in [4.78, 5) is 26.9. The van der Waals surface area contributed by atoms with Crippen molar-refractivity contribution in [3.8, 4) is 5.82 Å². The van der Waals surface area contributed by atoms with Crippen LogP contribution in [0.25, 0.3) is 5.82 Å². The number of hydrogen-bond donors (Lipinski definition) is 1. The van der Waals surface area contributed by atoms with Crippen molar-refractivity contribution in [3.05, 3.63) is 70.1 Å². The highest BCUT2D eigenvalue weighted by Gasteiger charge is 2.41. The topological polar surface area (TPSA) is 93.0 Å². The zero-order valence-corrected chi connectivity index (χ0v) is 18.6. The van der Waals surface area contributed by atoms with Gasteiger partial charge < -0.3 is 10.2 Å². The third-order valence-corrected chi connectivity index (χ3v) is 5.62. The van der Waals surface area contributed by atoms with Crippen LogP contribution in [0.3, 0.4) is 0 Å². The van der Waals surface area contributed by atoms with Crippen molar-refractivity contribution in [2.45, 2.75) is 32.0 Å². The van der Waals surface area contributed by atoms with Gasteiger partial charge in [0.05, 0.1) is 11.8 Å². The summed E-state index contributed by atoms with van der Waals surface area (Å²) in [6, 6.07) is 9.11. The molecule has 178 valence electrons. The molecule has 1 N–H and O–H groups in total. The fourth-order valence-corrected chi connectivity index (χ4v) is 3.81. The van der Waals surface area contributed by atoms with E-state index in [1.807, 2.05) is 4.90 Å². The number of aromatic nitrogens is 4. The van der Waals surface area contributed by atoms with Crippen LogP contribution in [-0.2, 0) is 12.7 Å². The van der Waals surface area contributed by atoms with Crippen molar-refractivity contribution in [2.24, 2.45) is 0 Å². The molecule has 12 heteroatoms. The predicted octanol–water partition coefficient (Wildman–Crippen LogP) is 3.89. The van der Waals surface area contributed by atoms with Gasteiger partial charge in [0.25, 0.3) is 11.8 Å². The van der Waals surface area contributed by atoms with Gasteiger partial charge in [0.15, 0.2) is 16.7 Å². The number of carbonyl (C=O) groups is 2. The number of nitrogens with zero attached hydrogens (tertiary/aromatic N) is 5. The van der Waals surface area contributed by atoms with Gasteiger partial charge in [0, 0.05) is 25.2 Å². The minimum Gasteiger partial charge on any atom is -0.348 e. The molecule has 1 aliphatic heterocycles. The van der Waals surface area contributed by atoms with E-state index in [1.165, 1.54) is 12.1 Å². The molecule has 8 nitrogen and oxygen atoms in total. The van der Waals surface area contributed by atoms with Crippen LogP contribution < -0.4 is 5.32 Å². The van der Waals surface area contributed by atoms with Gasteiger partial charge in [-0.05, 0) is 49.1 Å². The molecule has 2 amide bonds. The SMILES string of the molecule is O=C(NCc1ccc(C(=O)N2CCCCC2)cc1)c1cnn(-c2ccc(Cl)nn2)c1C(F)(F)F. The maximum absolute atomic E-state index is 13.8. The standard InChI is InChI=1S/C22H20ClF3N6O2/c23-17-8-9-18(30-29-17)32-19(22(24,25)26)16(13-28-32)20(33)27-12-14-4-6-15(7-5-14)21(34)31-10-2-1-3-11-31/h4-9,13H,1-3,10-12H2,(H,27,33). The number of hydrogen-bond acceptors (Lipinski definition) is 5. The molecule has 4 rings (SSSR count). The molecule has 1 aliphatic rings. The first kappa shape index (κ1) is 23.7. The number of alkyl halides is 3. The Hall–Kier alpha value is -3.47. The second-order valence-electron chi connectivity index (χ2n) is 7.76. The Labute approximate surface area is 197 Å². The Morgan fingerprint density at radius 1 is 1.00 bits per heavy atom. The third kappa shape index (κ3) is 5.19. The van der Waals surface area contributed by atoms with E-state index in [0.717, 1.165) is 38.5 Å². The van der Waals surface area contributed by atoms with Crippen LogP contribution in [0, 0.1) is 0 Å². The van der Waals surface area contributed by atoms with Crippen molar-refractivity contribution in [3.63, 3.8) is 0 Å². The Morgan fingerprint density at radius 2 is 1.71 bits per heavy atom. The van der Waals surface area contributed by atoms with E-state index in [9.17, 15) is 22.8 Å². The van der Waals surface area contributed by atoms with Crippen LogP contribution in [0.5, 0.6) is 0 Å². The lowest BCUT2D eigenvalue weighted by atomic mass is 10.1. The Morgan fingerprint density at radius 3 is 2.32 bits per heavy atom. The number of likely N-dealkylation sites (tertiary alicyclic amines) is 1. The van der Waals surface area contributed by atoms with Crippen molar-refractivity contribution < 1.29 is 22.8 Å². The Bertz CT molecular complexity index is 1170. The van der Waals surface area contributed by atoms with Gasteiger partial charge in [0.1, 0.15) is 0 Å². The molecule has 34 heavy (non-hydrogen) atoms. The monoisotopic (exact) mass is 492 g/mol. The van der Waals surface area contributed by atoms with E-state index in [4.69, 9.17) is 11.6 Å². The largest absolute Gasteiger partial charge is 0.434 e. The molecular formula is C22H20ClF3N6O2. The molecule has 0 saturated carbocycles. The van der Waals surface area contributed by atoms with Crippen molar-refractivity contribution in [2.75, 3.05) is 13.1 Å². The fourth-order valence-electron chi connectivity index (χ4n) is 3.71. The second-order valence-corrected chi connectivity index (χ2v) is 8.15. The minimum absolute atomic E-state index is 0.00563. The first-order valence-electron chi connectivity index (χ1n) is 10.6. The maximum Gasteiger partial charge on any atom is 0.434 e. The third-order valence-electron chi connectivity index (χ3n) is 5.41. The number of halogens is 4. The van der Waals surface area contributed by atoms with Gasteiger partial charge in [0.2, 0.25) is 0 Å². The normalized spacial score (nSPS) is 14.2. The highest BCUT2D eigenvalue weighted by atomic mass is 35.5. The molecule has 2 aromatic heterocycles. The number of benzene rings is 1. The molecule has 0 bridgehead atoms. The summed E-state index contributed by atoms with van der Waals surface area (Å²) in [6.07, 6.45) is -0.964. The fraction of sp³-hybridized carbons (Fsp3) is 0.318. The first-order chi connectivity index (χ1) is 16.2. The zero-order chi connectivity index (χ0) is 24.3. The van der Waals surface area contributed by atoms with E-state index < -0.39 is 23.3 Å². The number of nitrogens with one attached hydrogen (secondary N) is 1. The Kier molecular flexibility index (Phi) is 6.82. The number of carbonyl (C=O) groups excluding carboxylic acids is 2. The minimum atomic E-state index is -4.87. The van der Waals surface area contributed by atoms with E-state index in [1.54, 1.807) is 24.3 Å². The number of rotatable bonds is 5. The lowest BCUT2D eigenvalue weighted by Gasteiger charge is -2.26. The molecule has 3 aromatic rings. The maximum atomic E-state index is 13.8. The first-order valence-corrected chi connectivity index (χ1v) is 10.9. The van der Waals surface area contributed by atoms with E-state index in [2.05, 4.69) is 20.6 Å².